The lowest BCUT2D eigenvalue weighted by Crippen LogP contribution is -2.20. The Bertz CT molecular complexity index is 1040. The molecule has 0 unspecified atom stereocenters. The number of aromatic nitrogens is 1. The number of nitrogens with one attached hydrogen (secondary N) is 1. The van der Waals surface area contributed by atoms with Gasteiger partial charge in [0, 0.05) is 12.1 Å². The van der Waals surface area contributed by atoms with E-state index < -0.39 is 12.1 Å². The first-order chi connectivity index (χ1) is 13.6. The fourth-order valence-electron chi connectivity index (χ4n) is 3.47. The molecule has 2 aromatic carbocycles. The molecular formula is C21H15BrN2O4. The van der Waals surface area contributed by atoms with Crippen molar-refractivity contribution in [3.63, 3.8) is 0 Å². The number of carboxylic acids is 1. The zero-order chi connectivity index (χ0) is 19.7. The van der Waals surface area contributed by atoms with Crippen LogP contribution in [0.3, 0.4) is 0 Å². The molecule has 140 valence electrons. The number of carboxylic acid groups (broad SMARTS) is 1. The summed E-state index contributed by atoms with van der Waals surface area (Å²) < 4.78 is 5.66. The number of hydrogen-bond acceptors (Lipinski definition) is 4. The predicted molar refractivity (Wildman–Crippen MR) is 108 cm³/mol. The van der Waals surface area contributed by atoms with Gasteiger partial charge in [-0.3, -0.25) is 5.32 Å². The molecule has 0 saturated carbocycles. The number of fused-ring (bicyclic) bond motifs is 3. The van der Waals surface area contributed by atoms with Gasteiger partial charge in [-0.2, -0.15) is 0 Å². The van der Waals surface area contributed by atoms with Gasteiger partial charge in [0.2, 0.25) is 0 Å². The number of aromatic carboxylic acids is 1. The van der Waals surface area contributed by atoms with Gasteiger partial charge in [-0.1, -0.05) is 48.5 Å². The second kappa shape index (κ2) is 7.44. The van der Waals surface area contributed by atoms with Gasteiger partial charge in [-0.25, -0.2) is 14.6 Å². The standard InChI is InChI=1S/C21H15BrN2O4/c22-19-18(16(20(25)26)9-10-23-19)24-21(27)28-11-17-14-7-3-1-5-12(14)13-6-2-4-8-15(13)17/h1-10,17H,11H2,(H,24,27)(H,25,26). The molecule has 7 heteroatoms. The maximum Gasteiger partial charge on any atom is 0.411 e. The Balaban J connectivity index is 1.53. The van der Waals surface area contributed by atoms with E-state index in [1.807, 2.05) is 36.4 Å². The summed E-state index contributed by atoms with van der Waals surface area (Å²) in [4.78, 5) is 27.7. The summed E-state index contributed by atoms with van der Waals surface area (Å²) in [6, 6.07) is 17.4. The molecule has 0 atom stereocenters. The summed E-state index contributed by atoms with van der Waals surface area (Å²) in [5, 5.41) is 11.8. The number of amides is 1. The number of benzene rings is 2. The van der Waals surface area contributed by atoms with E-state index >= 15 is 0 Å². The first-order valence-corrected chi connectivity index (χ1v) is 9.35. The molecule has 0 saturated heterocycles. The molecule has 1 aromatic heterocycles. The van der Waals surface area contributed by atoms with Crippen molar-refractivity contribution >= 4 is 33.7 Å². The summed E-state index contributed by atoms with van der Waals surface area (Å²) in [5.41, 5.74) is 4.46. The molecular weight excluding hydrogens is 424 g/mol. The number of carbonyl (C=O) groups is 2. The minimum atomic E-state index is -1.17. The van der Waals surface area contributed by atoms with Crippen molar-refractivity contribution in [2.45, 2.75) is 5.92 Å². The number of nitrogens with zero attached hydrogens (tertiary/aromatic N) is 1. The van der Waals surface area contributed by atoms with Crippen molar-refractivity contribution in [3.8, 4) is 11.1 Å². The molecule has 2 N–H and O–H groups in total. The van der Waals surface area contributed by atoms with E-state index in [2.05, 4.69) is 38.4 Å². The van der Waals surface area contributed by atoms with Crippen molar-refractivity contribution in [1.82, 2.24) is 4.98 Å². The molecule has 0 radical (unpaired) electrons. The average Bonchev–Trinajstić information content (AvgIpc) is 3.02. The highest BCUT2D eigenvalue weighted by Gasteiger charge is 2.29. The van der Waals surface area contributed by atoms with Crippen molar-refractivity contribution in [1.29, 1.82) is 0 Å². The van der Waals surface area contributed by atoms with E-state index in [1.165, 1.54) is 12.3 Å². The molecule has 1 amide bonds. The third-order valence-electron chi connectivity index (χ3n) is 4.71. The fourth-order valence-corrected chi connectivity index (χ4v) is 3.90. The quantitative estimate of drug-likeness (QED) is 0.565. The van der Waals surface area contributed by atoms with Gasteiger partial charge in [0.15, 0.2) is 0 Å². The number of pyridine rings is 1. The Morgan fingerprint density at radius 3 is 2.25 bits per heavy atom. The van der Waals surface area contributed by atoms with E-state index in [0.717, 1.165) is 22.3 Å². The SMILES string of the molecule is O=C(Nc1c(C(=O)O)ccnc1Br)OCC1c2ccccc2-c2ccccc21. The van der Waals surface area contributed by atoms with Gasteiger partial charge in [0.05, 0.1) is 11.3 Å². The number of rotatable bonds is 4. The lowest BCUT2D eigenvalue weighted by atomic mass is 9.98. The molecule has 4 rings (SSSR count). The molecule has 0 aliphatic heterocycles. The van der Waals surface area contributed by atoms with Crippen LogP contribution < -0.4 is 5.32 Å². The van der Waals surface area contributed by atoms with Gasteiger partial charge in [-0.15, -0.1) is 0 Å². The molecule has 0 bridgehead atoms. The monoisotopic (exact) mass is 438 g/mol. The summed E-state index contributed by atoms with van der Waals surface area (Å²) in [6.45, 7) is 0.139. The fraction of sp³-hybridized carbons (Fsp3) is 0.0952. The molecule has 1 heterocycles. The number of ether oxygens (including phenoxy) is 1. The van der Waals surface area contributed by atoms with Crippen LogP contribution in [0.2, 0.25) is 0 Å². The lowest BCUT2D eigenvalue weighted by molar-refractivity contribution is 0.0698. The van der Waals surface area contributed by atoms with E-state index in [4.69, 9.17) is 4.74 Å². The lowest BCUT2D eigenvalue weighted by Gasteiger charge is -2.15. The first-order valence-electron chi connectivity index (χ1n) is 8.56. The molecule has 6 nitrogen and oxygen atoms in total. The predicted octanol–water partition coefficient (Wildman–Crippen LogP) is 4.90. The van der Waals surface area contributed by atoms with Crippen LogP contribution in [0.1, 0.15) is 27.4 Å². The summed E-state index contributed by atoms with van der Waals surface area (Å²) >= 11 is 3.16. The third kappa shape index (κ3) is 3.25. The Kier molecular flexibility index (Phi) is 4.83. The van der Waals surface area contributed by atoms with Crippen molar-refractivity contribution in [2.75, 3.05) is 11.9 Å². The van der Waals surface area contributed by atoms with E-state index in [9.17, 15) is 14.7 Å². The van der Waals surface area contributed by atoms with Gasteiger partial charge in [0.1, 0.15) is 11.2 Å². The number of anilines is 1. The van der Waals surface area contributed by atoms with Gasteiger partial charge < -0.3 is 9.84 Å². The first kappa shape index (κ1) is 18.2. The second-order valence-electron chi connectivity index (χ2n) is 6.28. The van der Waals surface area contributed by atoms with Crippen LogP contribution in [-0.4, -0.2) is 28.8 Å². The van der Waals surface area contributed by atoms with Gasteiger partial charge in [0.25, 0.3) is 0 Å². The van der Waals surface area contributed by atoms with Crippen molar-refractivity contribution in [2.24, 2.45) is 0 Å². The van der Waals surface area contributed by atoms with Crippen molar-refractivity contribution < 1.29 is 19.4 Å². The van der Waals surface area contributed by atoms with Crippen LogP contribution in [0.4, 0.5) is 10.5 Å². The summed E-state index contributed by atoms with van der Waals surface area (Å²) in [5.74, 6) is -1.24. The van der Waals surface area contributed by atoms with E-state index in [1.54, 1.807) is 0 Å². The second-order valence-corrected chi connectivity index (χ2v) is 7.03. The Hall–Kier alpha value is -3.19. The van der Waals surface area contributed by atoms with Crippen LogP contribution in [0.15, 0.2) is 65.4 Å². The number of hydrogen-bond donors (Lipinski definition) is 2. The maximum atomic E-state index is 12.3. The Morgan fingerprint density at radius 2 is 1.64 bits per heavy atom. The van der Waals surface area contributed by atoms with Crippen LogP contribution in [0.25, 0.3) is 11.1 Å². The molecule has 0 spiro atoms. The highest BCUT2D eigenvalue weighted by Crippen LogP contribution is 2.44. The van der Waals surface area contributed by atoms with Crippen LogP contribution in [0.5, 0.6) is 0 Å². The van der Waals surface area contributed by atoms with Gasteiger partial charge in [-0.05, 0) is 44.3 Å². The number of carbonyl (C=O) groups excluding carboxylic acids is 1. The average molecular weight is 439 g/mol. The molecule has 1 aliphatic carbocycles. The Morgan fingerprint density at radius 1 is 1.04 bits per heavy atom. The highest BCUT2D eigenvalue weighted by molar-refractivity contribution is 9.10. The van der Waals surface area contributed by atoms with Crippen molar-refractivity contribution in [3.05, 3.63) is 82.1 Å². The maximum absolute atomic E-state index is 12.3. The van der Waals surface area contributed by atoms with Crippen LogP contribution in [-0.2, 0) is 4.74 Å². The smallest absolute Gasteiger partial charge is 0.411 e. The Labute approximate surface area is 169 Å². The number of halogens is 1. The summed E-state index contributed by atoms with van der Waals surface area (Å²) in [7, 11) is 0. The largest absolute Gasteiger partial charge is 0.478 e. The van der Waals surface area contributed by atoms with E-state index in [-0.39, 0.29) is 28.4 Å². The van der Waals surface area contributed by atoms with Crippen LogP contribution >= 0.6 is 15.9 Å². The topological polar surface area (TPSA) is 88.5 Å². The minimum Gasteiger partial charge on any atom is -0.478 e. The molecule has 1 aliphatic rings. The highest BCUT2D eigenvalue weighted by atomic mass is 79.9. The zero-order valence-electron chi connectivity index (χ0n) is 14.6. The minimum absolute atomic E-state index is 0.0622. The van der Waals surface area contributed by atoms with Gasteiger partial charge >= 0.3 is 12.1 Å². The molecule has 3 aromatic rings. The summed E-state index contributed by atoms with van der Waals surface area (Å²) in [6.07, 6.45) is 0.606. The van der Waals surface area contributed by atoms with Crippen LogP contribution in [0, 0.1) is 0 Å². The third-order valence-corrected chi connectivity index (χ3v) is 5.31. The van der Waals surface area contributed by atoms with E-state index in [0.29, 0.717) is 0 Å². The zero-order valence-corrected chi connectivity index (χ0v) is 16.1. The molecule has 0 fully saturated rings. The normalized spacial score (nSPS) is 12.2. The molecule has 28 heavy (non-hydrogen) atoms.